The van der Waals surface area contributed by atoms with Crippen molar-refractivity contribution in [2.45, 2.75) is 26.3 Å². The van der Waals surface area contributed by atoms with E-state index < -0.39 is 0 Å². The fourth-order valence-electron chi connectivity index (χ4n) is 2.42. The van der Waals surface area contributed by atoms with Crippen molar-refractivity contribution in [1.29, 1.82) is 0 Å². The molecule has 20 heavy (non-hydrogen) atoms. The lowest BCUT2D eigenvalue weighted by Gasteiger charge is -2.31. The predicted octanol–water partition coefficient (Wildman–Crippen LogP) is 2.56. The minimum absolute atomic E-state index is 0.0333. The first kappa shape index (κ1) is 15.1. The van der Waals surface area contributed by atoms with Crippen molar-refractivity contribution in [3.8, 4) is 0 Å². The van der Waals surface area contributed by atoms with E-state index in [4.69, 9.17) is 16.7 Å². The third-order valence-electron chi connectivity index (χ3n) is 3.83. The highest BCUT2D eigenvalue weighted by Gasteiger charge is 2.21. The first-order valence-corrected chi connectivity index (χ1v) is 7.36. The Hall–Kier alpha value is -1.26. The van der Waals surface area contributed by atoms with Gasteiger partial charge < -0.3 is 15.3 Å². The molecule has 5 heteroatoms. The molecule has 0 radical (unpaired) electrons. The minimum Gasteiger partial charge on any atom is -0.396 e. The molecule has 1 fully saturated rings. The molecular formula is C15H21ClN2O2. The number of amides is 2. The maximum atomic E-state index is 12.0. The van der Waals surface area contributed by atoms with Gasteiger partial charge in [0.05, 0.1) is 0 Å². The van der Waals surface area contributed by atoms with Gasteiger partial charge in [0.1, 0.15) is 0 Å². The molecule has 110 valence electrons. The van der Waals surface area contributed by atoms with E-state index in [1.54, 1.807) is 0 Å². The quantitative estimate of drug-likeness (QED) is 0.901. The Bertz CT molecular complexity index is 471. The van der Waals surface area contributed by atoms with Crippen LogP contribution in [0.1, 0.15) is 24.0 Å². The van der Waals surface area contributed by atoms with E-state index in [0.29, 0.717) is 12.5 Å². The van der Waals surface area contributed by atoms with E-state index in [1.807, 2.05) is 30.0 Å². The second-order valence-corrected chi connectivity index (χ2v) is 5.76. The van der Waals surface area contributed by atoms with Crippen molar-refractivity contribution in [2.75, 3.05) is 19.7 Å². The molecule has 2 amide bonds. The van der Waals surface area contributed by atoms with Crippen LogP contribution >= 0.6 is 11.6 Å². The average Bonchev–Trinajstić information content (AvgIpc) is 2.48. The van der Waals surface area contributed by atoms with E-state index in [1.165, 1.54) is 0 Å². The molecule has 1 aromatic carbocycles. The molecule has 1 aromatic rings. The Morgan fingerprint density at radius 3 is 2.75 bits per heavy atom. The van der Waals surface area contributed by atoms with E-state index >= 15 is 0 Å². The Kier molecular flexibility index (Phi) is 5.26. The molecule has 1 aliphatic heterocycles. The van der Waals surface area contributed by atoms with Crippen LogP contribution in [-0.4, -0.2) is 35.7 Å². The van der Waals surface area contributed by atoms with Gasteiger partial charge in [-0.1, -0.05) is 23.7 Å². The highest BCUT2D eigenvalue weighted by molar-refractivity contribution is 6.31. The van der Waals surface area contributed by atoms with Crippen LogP contribution in [0.4, 0.5) is 4.79 Å². The van der Waals surface area contributed by atoms with Crippen molar-refractivity contribution in [3.05, 3.63) is 34.3 Å². The van der Waals surface area contributed by atoms with Crippen LogP contribution in [0.3, 0.4) is 0 Å². The van der Waals surface area contributed by atoms with Crippen molar-refractivity contribution in [1.82, 2.24) is 10.2 Å². The van der Waals surface area contributed by atoms with Crippen molar-refractivity contribution in [2.24, 2.45) is 5.92 Å². The molecule has 2 rings (SSSR count). The van der Waals surface area contributed by atoms with Gasteiger partial charge in [-0.05, 0) is 42.9 Å². The summed E-state index contributed by atoms with van der Waals surface area (Å²) in [5.41, 5.74) is 2.06. The minimum atomic E-state index is -0.0333. The van der Waals surface area contributed by atoms with Gasteiger partial charge in [-0.25, -0.2) is 4.79 Å². The zero-order valence-corrected chi connectivity index (χ0v) is 12.5. The fraction of sp³-hybridized carbons (Fsp3) is 0.533. The maximum absolute atomic E-state index is 12.0. The molecule has 0 atom stereocenters. The molecule has 4 nitrogen and oxygen atoms in total. The fourth-order valence-corrected chi connectivity index (χ4v) is 2.54. The van der Waals surface area contributed by atoms with Gasteiger partial charge >= 0.3 is 6.03 Å². The monoisotopic (exact) mass is 296 g/mol. The van der Waals surface area contributed by atoms with Gasteiger partial charge in [-0.3, -0.25) is 0 Å². The molecule has 0 aromatic heterocycles. The normalized spacial score (nSPS) is 16.2. The molecule has 0 bridgehead atoms. The van der Waals surface area contributed by atoms with Crippen LogP contribution in [0, 0.1) is 12.8 Å². The van der Waals surface area contributed by atoms with Crippen LogP contribution in [-0.2, 0) is 6.54 Å². The maximum Gasteiger partial charge on any atom is 0.317 e. The van der Waals surface area contributed by atoms with E-state index in [0.717, 1.165) is 42.1 Å². The first-order valence-electron chi connectivity index (χ1n) is 6.99. The van der Waals surface area contributed by atoms with Gasteiger partial charge in [-0.15, -0.1) is 0 Å². The van der Waals surface area contributed by atoms with Crippen LogP contribution in [0.5, 0.6) is 0 Å². The summed E-state index contributed by atoms with van der Waals surface area (Å²) in [5, 5.41) is 12.8. The highest BCUT2D eigenvalue weighted by Crippen LogP contribution is 2.17. The van der Waals surface area contributed by atoms with Crippen LogP contribution in [0.2, 0.25) is 5.02 Å². The van der Waals surface area contributed by atoms with Crippen molar-refractivity contribution < 1.29 is 9.90 Å². The lowest BCUT2D eigenvalue weighted by atomic mass is 9.98. The third kappa shape index (κ3) is 3.87. The molecule has 0 aliphatic carbocycles. The van der Waals surface area contributed by atoms with Crippen LogP contribution < -0.4 is 5.32 Å². The van der Waals surface area contributed by atoms with Gasteiger partial charge in [0.2, 0.25) is 0 Å². The summed E-state index contributed by atoms with van der Waals surface area (Å²) in [6, 6.07) is 5.73. The van der Waals surface area contributed by atoms with Crippen molar-refractivity contribution >= 4 is 17.6 Å². The molecule has 0 unspecified atom stereocenters. The van der Waals surface area contributed by atoms with Gasteiger partial charge in [0, 0.05) is 31.3 Å². The molecule has 1 saturated heterocycles. The number of piperidine rings is 1. The number of hydrogen-bond acceptors (Lipinski definition) is 2. The second-order valence-electron chi connectivity index (χ2n) is 5.36. The molecule has 1 aliphatic rings. The number of halogens is 1. The highest BCUT2D eigenvalue weighted by atomic mass is 35.5. The lowest BCUT2D eigenvalue weighted by Crippen LogP contribution is -2.44. The van der Waals surface area contributed by atoms with Crippen molar-refractivity contribution in [3.63, 3.8) is 0 Å². The number of hydrogen-bond donors (Lipinski definition) is 2. The predicted molar refractivity (Wildman–Crippen MR) is 79.8 cm³/mol. The number of benzene rings is 1. The number of urea groups is 1. The average molecular weight is 297 g/mol. The van der Waals surface area contributed by atoms with E-state index in [-0.39, 0.29) is 12.6 Å². The summed E-state index contributed by atoms with van der Waals surface area (Å²) >= 11 is 5.98. The van der Waals surface area contributed by atoms with E-state index in [2.05, 4.69) is 5.32 Å². The summed E-state index contributed by atoms with van der Waals surface area (Å²) < 4.78 is 0. The van der Waals surface area contributed by atoms with Gasteiger partial charge in [0.15, 0.2) is 0 Å². The number of nitrogens with zero attached hydrogens (tertiary/aromatic N) is 1. The summed E-state index contributed by atoms with van der Waals surface area (Å²) in [5.74, 6) is 0.345. The Morgan fingerprint density at radius 1 is 1.45 bits per heavy atom. The Morgan fingerprint density at radius 2 is 2.15 bits per heavy atom. The topological polar surface area (TPSA) is 52.6 Å². The third-order valence-corrected chi connectivity index (χ3v) is 4.25. The molecule has 0 spiro atoms. The zero-order valence-electron chi connectivity index (χ0n) is 11.7. The van der Waals surface area contributed by atoms with E-state index in [9.17, 15) is 4.79 Å². The summed E-state index contributed by atoms with van der Waals surface area (Å²) in [6.07, 6.45) is 1.76. The number of aliphatic hydroxyl groups excluding tert-OH is 1. The summed E-state index contributed by atoms with van der Waals surface area (Å²) in [4.78, 5) is 13.9. The Balaban J connectivity index is 1.81. The largest absolute Gasteiger partial charge is 0.396 e. The number of aryl methyl sites for hydroxylation is 1. The molecule has 1 heterocycles. The number of carbonyl (C=O) groups excluding carboxylic acids is 1. The number of likely N-dealkylation sites (tertiary alicyclic amines) is 1. The second kappa shape index (κ2) is 6.95. The lowest BCUT2D eigenvalue weighted by molar-refractivity contribution is 0.137. The standard InChI is InChI=1S/C15H21ClN2O2/c1-11-8-13(2-3-14(11)16)9-17-15(20)18-6-4-12(10-19)5-7-18/h2-3,8,12,19H,4-7,9-10H2,1H3,(H,17,20). The number of nitrogens with one attached hydrogen (secondary N) is 1. The molecular weight excluding hydrogens is 276 g/mol. The SMILES string of the molecule is Cc1cc(CNC(=O)N2CCC(CO)CC2)ccc1Cl. The van der Waals surface area contributed by atoms with Gasteiger partial charge in [0.25, 0.3) is 0 Å². The number of carbonyl (C=O) groups is 1. The Labute approximate surface area is 124 Å². The number of rotatable bonds is 3. The van der Waals surface area contributed by atoms with Crippen LogP contribution in [0.15, 0.2) is 18.2 Å². The summed E-state index contributed by atoms with van der Waals surface area (Å²) in [7, 11) is 0. The molecule has 2 N–H and O–H groups in total. The van der Waals surface area contributed by atoms with Gasteiger partial charge in [-0.2, -0.15) is 0 Å². The smallest absolute Gasteiger partial charge is 0.317 e. The summed E-state index contributed by atoms with van der Waals surface area (Å²) in [6.45, 7) is 4.12. The first-order chi connectivity index (χ1) is 9.60. The number of aliphatic hydroxyl groups is 1. The van der Waals surface area contributed by atoms with Crippen LogP contribution in [0.25, 0.3) is 0 Å². The molecule has 0 saturated carbocycles. The zero-order chi connectivity index (χ0) is 14.5.